The number of fused-ring (bicyclic) bond motifs is 1. The van der Waals surface area contributed by atoms with Gasteiger partial charge in [-0.2, -0.15) is 0 Å². The molecule has 1 aromatic heterocycles. The van der Waals surface area contributed by atoms with Crippen LogP contribution in [0.25, 0.3) is 10.9 Å². The monoisotopic (exact) mass is 279 g/mol. The summed E-state index contributed by atoms with van der Waals surface area (Å²) in [6.45, 7) is 0.554. The van der Waals surface area contributed by atoms with E-state index in [-0.39, 0.29) is 0 Å². The van der Waals surface area contributed by atoms with Gasteiger partial charge in [0.25, 0.3) is 0 Å². The molecule has 0 spiro atoms. The van der Waals surface area contributed by atoms with Gasteiger partial charge in [-0.05, 0) is 30.3 Å². The molecule has 3 N–H and O–H groups in total. The Hall–Kier alpha value is -2.59. The van der Waals surface area contributed by atoms with E-state index in [1.807, 2.05) is 48.5 Å². The number of anilines is 3. The van der Waals surface area contributed by atoms with Crippen molar-refractivity contribution in [1.29, 1.82) is 0 Å². The number of hydrogen-bond acceptors (Lipinski definition) is 4. The van der Waals surface area contributed by atoms with E-state index in [9.17, 15) is 0 Å². The van der Waals surface area contributed by atoms with Crippen LogP contribution in [0.15, 0.2) is 54.7 Å². The topological polar surface area (TPSA) is 60.2 Å². The first kappa shape index (κ1) is 13.4. The van der Waals surface area contributed by atoms with Crippen molar-refractivity contribution < 1.29 is 4.74 Å². The summed E-state index contributed by atoms with van der Waals surface area (Å²) in [6.07, 6.45) is 1.77. The average Bonchev–Trinajstić information content (AvgIpc) is 2.52. The molecule has 0 unspecified atom stereocenters. The molecule has 1 heterocycles. The predicted molar refractivity (Wildman–Crippen MR) is 86.6 cm³/mol. The van der Waals surface area contributed by atoms with Gasteiger partial charge in [-0.1, -0.05) is 18.2 Å². The van der Waals surface area contributed by atoms with Gasteiger partial charge in [0.1, 0.15) is 0 Å². The summed E-state index contributed by atoms with van der Waals surface area (Å²) in [5.74, 6) is 0. The molecule has 0 atom stereocenters. The van der Waals surface area contributed by atoms with E-state index in [1.54, 1.807) is 13.3 Å². The van der Waals surface area contributed by atoms with E-state index in [1.165, 1.54) is 0 Å². The third kappa shape index (κ3) is 2.66. The van der Waals surface area contributed by atoms with Gasteiger partial charge in [0.05, 0.1) is 23.5 Å². The van der Waals surface area contributed by atoms with Crippen molar-refractivity contribution in [2.45, 2.75) is 6.61 Å². The van der Waals surface area contributed by atoms with Crippen molar-refractivity contribution in [3.05, 3.63) is 60.3 Å². The number of rotatable bonds is 4. The molecule has 0 aliphatic carbocycles. The van der Waals surface area contributed by atoms with Gasteiger partial charge >= 0.3 is 0 Å². The Morgan fingerprint density at radius 1 is 1.05 bits per heavy atom. The summed E-state index contributed by atoms with van der Waals surface area (Å²) >= 11 is 0. The minimum absolute atomic E-state index is 0.554. The fourth-order valence-electron chi connectivity index (χ4n) is 2.35. The fourth-order valence-corrected chi connectivity index (χ4v) is 2.35. The van der Waals surface area contributed by atoms with Crippen LogP contribution < -0.4 is 11.1 Å². The average molecular weight is 279 g/mol. The van der Waals surface area contributed by atoms with Gasteiger partial charge in [0.2, 0.25) is 0 Å². The predicted octanol–water partition coefficient (Wildman–Crippen LogP) is 3.71. The molecule has 4 nitrogen and oxygen atoms in total. The van der Waals surface area contributed by atoms with Crippen molar-refractivity contribution in [2.75, 3.05) is 18.2 Å². The van der Waals surface area contributed by atoms with Crippen molar-refractivity contribution in [1.82, 2.24) is 4.98 Å². The van der Waals surface area contributed by atoms with E-state index < -0.39 is 0 Å². The van der Waals surface area contributed by atoms with Gasteiger partial charge in [0.15, 0.2) is 0 Å². The first-order chi connectivity index (χ1) is 10.3. The maximum atomic E-state index is 6.26. The quantitative estimate of drug-likeness (QED) is 0.715. The lowest BCUT2D eigenvalue weighted by molar-refractivity contribution is 0.185. The molecule has 2 aromatic carbocycles. The number of methoxy groups -OCH3 is 1. The lowest BCUT2D eigenvalue weighted by atomic mass is 10.1. The highest BCUT2D eigenvalue weighted by molar-refractivity contribution is 5.97. The number of nitrogens with two attached hydrogens (primary N) is 1. The Bertz CT molecular complexity index is 771. The molecule has 3 aromatic rings. The molecule has 0 bridgehead atoms. The number of pyridine rings is 1. The van der Waals surface area contributed by atoms with E-state index >= 15 is 0 Å². The molecule has 21 heavy (non-hydrogen) atoms. The van der Waals surface area contributed by atoms with Crippen LogP contribution in [0, 0.1) is 0 Å². The zero-order valence-electron chi connectivity index (χ0n) is 11.8. The van der Waals surface area contributed by atoms with Crippen molar-refractivity contribution >= 4 is 28.0 Å². The van der Waals surface area contributed by atoms with Gasteiger partial charge in [-0.15, -0.1) is 0 Å². The van der Waals surface area contributed by atoms with Crippen LogP contribution in [-0.2, 0) is 11.3 Å². The normalized spacial score (nSPS) is 10.7. The minimum Gasteiger partial charge on any atom is -0.396 e. The van der Waals surface area contributed by atoms with Gasteiger partial charge in [-0.25, -0.2) is 0 Å². The SMILES string of the molecule is COCc1ccccc1Nc1ccc2ncccc2c1N. The van der Waals surface area contributed by atoms with E-state index in [0.717, 1.165) is 27.8 Å². The third-order valence-corrected chi connectivity index (χ3v) is 3.41. The summed E-state index contributed by atoms with van der Waals surface area (Å²) < 4.78 is 5.23. The van der Waals surface area contributed by atoms with Gasteiger partial charge in [0, 0.05) is 29.9 Å². The summed E-state index contributed by atoms with van der Waals surface area (Å²) in [5, 5.41) is 4.34. The second-order valence-electron chi connectivity index (χ2n) is 4.81. The number of ether oxygens (including phenoxy) is 1. The maximum Gasteiger partial charge on any atom is 0.0733 e. The molecular formula is C17H17N3O. The number of aromatic nitrogens is 1. The second-order valence-corrected chi connectivity index (χ2v) is 4.81. The van der Waals surface area contributed by atoms with Crippen molar-refractivity contribution in [2.24, 2.45) is 0 Å². The number of para-hydroxylation sites is 1. The summed E-state index contributed by atoms with van der Waals surface area (Å²) in [5.41, 5.74) is 10.8. The molecular weight excluding hydrogens is 262 g/mol. The van der Waals surface area contributed by atoms with E-state index in [4.69, 9.17) is 10.5 Å². The van der Waals surface area contributed by atoms with Crippen LogP contribution in [0.3, 0.4) is 0 Å². The second kappa shape index (κ2) is 5.81. The Kier molecular flexibility index (Phi) is 3.71. The molecule has 3 rings (SSSR count). The number of nitrogens with one attached hydrogen (secondary N) is 1. The molecule has 0 amide bonds. The zero-order valence-corrected chi connectivity index (χ0v) is 11.8. The molecule has 0 aliphatic rings. The Balaban J connectivity index is 2.00. The van der Waals surface area contributed by atoms with E-state index in [2.05, 4.69) is 10.3 Å². The Morgan fingerprint density at radius 2 is 1.90 bits per heavy atom. The molecule has 0 aliphatic heterocycles. The summed E-state index contributed by atoms with van der Waals surface area (Å²) in [7, 11) is 1.69. The first-order valence-electron chi connectivity index (χ1n) is 6.76. The van der Waals surface area contributed by atoms with Crippen LogP contribution in [0.1, 0.15) is 5.56 Å². The largest absolute Gasteiger partial charge is 0.396 e. The lowest BCUT2D eigenvalue weighted by Gasteiger charge is -2.14. The zero-order chi connectivity index (χ0) is 14.7. The van der Waals surface area contributed by atoms with Crippen molar-refractivity contribution in [3.63, 3.8) is 0 Å². The Morgan fingerprint density at radius 3 is 2.76 bits per heavy atom. The van der Waals surface area contributed by atoms with E-state index in [0.29, 0.717) is 12.3 Å². The van der Waals surface area contributed by atoms with Crippen LogP contribution in [0.2, 0.25) is 0 Å². The number of hydrogen-bond donors (Lipinski definition) is 2. The Labute approximate surface area is 123 Å². The molecule has 0 saturated carbocycles. The maximum absolute atomic E-state index is 6.26. The number of nitrogens with zero attached hydrogens (tertiary/aromatic N) is 1. The van der Waals surface area contributed by atoms with Crippen LogP contribution in [-0.4, -0.2) is 12.1 Å². The fraction of sp³-hybridized carbons (Fsp3) is 0.118. The van der Waals surface area contributed by atoms with Gasteiger partial charge < -0.3 is 15.8 Å². The van der Waals surface area contributed by atoms with Crippen LogP contribution >= 0.6 is 0 Å². The summed E-state index contributed by atoms with van der Waals surface area (Å²) in [4.78, 5) is 4.31. The molecule has 0 radical (unpaired) electrons. The first-order valence-corrected chi connectivity index (χ1v) is 6.76. The van der Waals surface area contributed by atoms with Crippen LogP contribution in [0.5, 0.6) is 0 Å². The van der Waals surface area contributed by atoms with Gasteiger partial charge in [-0.3, -0.25) is 4.98 Å². The third-order valence-electron chi connectivity index (χ3n) is 3.41. The lowest BCUT2D eigenvalue weighted by Crippen LogP contribution is -2.01. The minimum atomic E-state index is 0.554. The molecule has 0 fully saturated rings. The number of benzene rings is 2. The molecule has 0 saturated heterocycles. The molecule has 4 heteroatoms. The highest BCUT2D eigenvalue weighted by Gasteiger charge is 2.07. The smallest absolute Gasteiger partial charge is 0.0733 e. The highest BCUT2D eigenvalue weighted by atomic mass is 16.5. The molecule has 106 valence electrons. The van der Waals surface area contributed by atoms with Crippen molar-refractivity contribution in [3.8, 4) is 0 Å². The number of nitrogen functional groups attached to an aromatic ring is 1. The standard InChI is InChI=1S/C17H17N3O/c1-21-11-12-5-2-3-7-14(12)20-16-9-8-15-13(17(16)18)6-4-10-19-15/h2-10,20H,11,18H2,1H3. The van der Waals surface area contributed by atoms with Crippen LogP contribution in [0.4, 0.5) is 17.1 Å². The summed E-state index contributed by atoms with van der Waals surface area (Å²) in [6, 6.07) is 15.8. The highest BCUT2D eigenvalue weighted by Crippen LogP contribution is 2.31.